The smallest absolute Gasteiger partial charge is 0.407 e. The van der Waals surface area contributed by atoms with Gasteiger partial charge in [-0.05, 0) is 54.7 Å². The fraction of sp³-hybridized carbons (Fsp3) is 0.429. The molecule has 45 heavy (non-hydrogen) atoms. The summed E-state index contributed by atoms with van der Waals surface area (Å²) in [6.45, 7) is 2.87. The summed E-state index contributed by atoms with van der Waals surface area (Å²) in [5.41, 5.74) is 3.03. The largest absolute Gasteiger partial charge is 0.496 e. The van der Waals surface area contributed by atoms with Gasteiger partial charge in [0.25, 0.3) is 0 Å². The van der Waals surface area contributed by atoms with Crippen molar-refractivity contribution in [3.63, 3.8) is 0 Å². The third kappa shape index (κ3) is 10.7. The molecular formula is C35H43NO9. The van der Waals surface area contributed by atoms with E-state index < -0.39 is 12.1 Å². The van der Waals surface area contributed by atoms with Crippen molar-refractivity contribution < 1.29 is 43.5 Å². The van der Waals surface area contributed by atoms with E-state index in [0.29, 0.717) is 64.6 Å². The number of nitrogens with zero attached hydrogens (tertiary/aromatic N) is 1. The molecule has 1 amide bonds. The molecule has 3 aromatic carbocycles. The van der Waals surface area contributed by atoms with E-state index in [1.54, 1.807) is 7.11 Å². The second-order valence-corrected chi connectivity index (χ2v) is 10.9. The molecule has 2 N–H and O–H groups in total. The zero-order valence-corrected chi connectivity index (χ0v) is 25.8. The van der Waals surface area contributed by atoms with Crippen LogP contribution >= 0.6 is 0 Å². The normalized spacial score (nSPS) is 16.2. The standard InChI is InChI=1S/C35H43NO9/c1-41-31-11-4-3-9-28(31)25-42-20-7-21-43-29-16-14-26(15-17-29)30-18-19-36(35(39)40)24-33(30)45-23-22-44-32-12-5-2-8-27(32)10-6-13-34(37)38/h2-5,8-9,11-12,14-17,30,33H,6-7,10,13,18-25H2,1H3,(H,37,38)(H,39,40). The van der Waals surface area contributed by atoms with E-state index in [1.807, 2.05) is 72.8 Å². The van der Waals surface area contributed by atoms with Crippen molar-refractivity contribution in [2.75, 3.05) is 46.6 Å². The fourth-order valence-corrected chi connectivity index (χ4v) is 5.44. The molecule has 0 aliphatic carbocycles. The van der Waals surface area contributed by atoms with Gasteiger partial charge in [-0.15, -0.1) is 0 Å². The molecule has 4 rings (SSSR count). The quantitative estimate of drug-likeness (QED) is 0.164. The molecule has 0 saturated carbocycles. The fourth-order valence-electron chi connectivity index (χ4n) is 5.44. The van der Waals surface area contributed by atoms with Crippen molar-refractivity contribution in [2.24, 2.45) is 0 Å². The summed E-state index contributed by atoms with van der Waals surface area (Å²) in [4.78, 5) is 24.0. The van der Waals surface area contributed by atoms with Crippen molar-refractivity contribution >= 4 is 12.1 Å². The number of para-hydroxylation sites is 2. The monoisotopic (exact) mass is 621 g/mol. The van der Waals surface area contributed by atoms with Gasteiger partial charge >= 0.3 is 12.1 Å². The van der Waals surface area contributed by atoms with Gasteiger partial charge in [0.15, 0.2) is 0 Å². The summed E-state index contributed by atoms with van der Waals surface area (Å²) in [5, 5.41) is 18.5. The first kappa shape index (κ1) is 33.6. The molecule has 1 aliphatic heterocycles. The Hall–Kier alpha value is -4.28. The van der Waals surface area contributed by atoms with Crippen LogP contribution in [-0.4, -0.2) is 79.9 Å². The van der Waals surface area contributed by atoms with Gasteiger partial charge in [0.05, 0.1) is 46.2 Å². The number of hydrogen-bond acceptors (Lipinski definition) is 7. The van der Waals surface area contributed by atoms with Crippen LogP contribution in [0.1, 0.15) is 48.3 Å². The number of rotatable bonds is 18. The number of piperidine rings is 1. The Morgan fingerprint density at radius 3 is 2.29 bits per heavy atom. The Labute approximate surface area is 264 Å². The van der Waals surface area contributed by atoms with Crippen LogP contribution in [0.2, 0.25) is 0 Å². The van der Waals surface area contributed by atoms with E-state index in [1.165, 1.54) is 4.90 Å². The summed E-state index contributed by atoms with van der Waals surface area (Å²) < 4.78 is 29.3. The van der Waals surface area contributed by atoms with Crippen molar-refractivity contribution in [3.8, 4) is 17.2 Å². The highest BCUT2D eigenvalue weighted by atomic mass is 16.5. The van der Waals surface area contributed by atoms with Crippen molar-refractivity contribution in [3.05, 3.63) is 89.5 Å². The average Bonchev–Trinajstić information content (AvgIpc) is 3.05. The highest BCUT2D eigenvalue weighted by Gasteiger charge is 2.33. The number of carbonyl (C=O) groups is 2. The molecule has 1 heterocycles. The highest BCUT2D eigenvalue weighted by Crippen LogP contribution is 2.32. The van der Waals surface area contributed by atoms with Gasteiger partial charge in [0.1, 0.15) is 23.9 Å². The number of benzene rings is 3. The van der Waals surface area contributed by atoms with Gasteiger partial charge in [0.2, 0.25) is 0 Å². The number of methoxy groups -OCH3 is 1. The first-order valence-corrected chi connectivity index (χ1v) is 15.4. The first-order valence-electron chi connectivity index (χ1n) is 15.4. The number of hydrogen-bond donors (Lipinski definition) is 2. The maximum absolute atomic E-state index is 11.7. The van der Waals surface area contributed by atoms with Crippen molar-refractivity contribution in [1.82, 2.24) is 4.90 Å². The second-order valence-electron chi connectivity index (χ2n) is 10.9. The number of carboxylic acid groups (broad SMARTS) is 2. The Morgan fingerprint density at radius 1 is 0.822 bits per heavy atom. The van der Waals surface area contributed by atoms with Gasteiger partial charge in [-0.3, -0.25) is 4.79 Å². The Morgan fingerprint density at radius 2 is 1.56 bits per heavy atom. The lowest BCUT2D eigenvalue weighted by Gasteiger charge is -2.37. The topological polar surface area (TPSA) is 124 Å². The van der Waals surface area contributed by atoms with E-state index in [-0.39, 0.29) is 25.0 Å². The molecule has 242 valence electrons. The molecule has 2 atom stereocenters. The minimum atomic E-state index is -0.954. The van der Waals surface area contributed by atoms with Crippen LogP contribution in [0.5, 0.6) is 17.2 Å². The summed E-state index contributed by atoms with van der Waals surface area (Å²) >= 11 is 0. The molecule has 1 aliphatic rings. The summed E-state index contributed by atoms with van der Waals surface area (Å²) in [5.74, 6) is 1.50. The predicted octanol–water partition coefficient (Wildman–Crippen LogP) is 6.02. The molecule has 0 radical (unpaired) electrons. The van der Waals surface area contributed by atoms with Gasteiger partial charge < -0.3 is 38.8 Å². The number of ether oxygens (including phenoxy) is 5. The lowest BCUT2D eigenvalue weighted by atomic mass is 9.87. The van der Waals surface area contributed by atoms with Gasteiger partial charge in [-0.2, -0.15) is 0 Å². The average molecular weight is 622 g/mol. The summed E-state index contributed by atoms with van der Waals surface area (Å²) in [6, 6.07) is 23.3. The number of amides is 1. The van der Waals surface area contributed by atoms with E-state index in [2.05, 4.69) is 0 Å². The third-order valence-corrected chi connectivity index (χ3v) is 7.77. The number of likely N-dealkylation sites (tertiary alicyclic amines) is 1. The van der Waals surface area contributed by atoms with E-state index >= 15 is 0 Å². The number of carboxylic acids is 1. The zero-order chi connectivity index (χ0) is 31.9. The van der Waals surface area contributed by atoms with Crippen LogP contribution in [0.3, 0.4) is 0 Å². The van der Waals surface area contributed by atoms with Crippen LogP contribution < -0.4 is 14.2 Å². The summed E-state index contributed by atoms with van der Waals surface area (Å²) in [6.07, 6.45) is 1.36. The Kier molecular flexibility index (Phi) is 13.3. The van der Waals surface area contributed by atoms with Crippen LogP contribution in [0, 0.1) is 0 Å². The van der Waals surface area contributed by atoms with Crippen molar-refractivity contribution in [2.45, 2.75) is 50.7 Å². The molecule has 2 unspecified atom stereocenters. The van der Waals surface area contributed by atoms with E-state index in [4.69, 9.17) is 28.8 Å². The zero-order valence-electron chi connectivity index (χ0n) is 25.8. The van der Waals surface area contributed by atoms with Gasteiger partial charge in [-0.1, -0.05) is 48.5 Å². The van der Waals surface area contributed by atoms with Crippen LogP contribution in [0.15, 0.2) is 72.8 Å². The minimum Gasteiger partial charge on any atom is -0.496 e. The van der Waals surface area contributed by atoms with E-state index in [9.17, 15) is 14.7 Å². The molecular weight excluding hydrogens is 578 g/mol. The van der Waals surface area contributed by atoms with Crippen LogP contribution in [-0.2, 0) is 27.3 Å². The minimum absolute atomic E-state index is 0.0290. The molecule has 3 aromatic rings. The predicted molar refractivity (Wildman–Crippen MR) is 168 cm³/mol. The molecule has 0 bridgehead atoms. The maximum Gasteiger partial charge on any atom is 0.407 e. The number of aliphatic carboxylic acids is 1. The van der Waals surface area contributed by atoms with Gasteiger partial charge in [-0.25, -0.2) is 4.79 Å². The van der Waals surface area contributed by atoms with Crippen molar-refractivity contribution in [1.29, 1.82) is 0 Å². The highest BCUT2D eigenvalue weighted by molar-refractivity contribution is 5.66. The lowest BCUT2D eigenvalue weighted by Crippen LogP contribution is -2.46. The van der Waals surface area contributed by atoms with E-state index in [0.717, 1.165) is 34.6 Å². The second kappa shape index (κ2) is 17.9. The maximum atomic E-state index is 11.7. The third-order valence-electron chi connectivity index (χ3n) is 7.77. The molecule has 1 saturated heterocycles. The Balaban J connectivity index is 1.24. The molecule has 0 aromatic heterocycles. The lowest BCUT2D eigenvalue weighted by molar-refractivity contribution is -0.137. The molecule has 10 nitrogen and oxygen atoms in total. The SMILES string of the molecule is COc1ccccc1COCCCOc1ccc(C2CCN(C(=O)O)CC2OCCOc2ccccc2CCCC(=O)O)cc1. The molecule has 0 spiro atoms. The number of aryl methyl sites for hydroxylation is 1. The summed E-state index contributed by atoms with van der Waals surface area (Å²) in [7, 11) is 1.65. The van der Waals surface area contributed by atoms with Crippen LogP contribution in [0.4, 0.5) is 4.79 Å². The first-order chi connectivity index (χ1) is 21.9. The Bertz CT molecular complexity index is 1350. The van der Waals surface area contributed by atoms with Gasteiger partial charge in [0, 0.05) is 30.9 Å². The molecule has 10 heteroatoms. The molecule has 1 fully saturated rings. The van der Waals surface area contributed by atoms with Crippen LogP contribution in [0.25, 0.3) is 0 Å².